The van der Waals surface area contributed by atoms with E-state index in [1.54, 1.807) is 4.90 Å². The molecule has 1 aromatic carbocycles. The van der Waals surface area contributed by atoms with E-state index in [4.69, 9.17) is 9.57 Å². The summed E-state index contributed by atoms with van der Waals surface area (Å²) < 4.78 is 5.19. The number of ether oxygens (including phenoxy) is 1. The molecule has 0 spiro atoms. The van der Waals surface area contributed by atoms with Crippen molar-refractivity contribution in [2.45, 2.75) is 65.5 Å². The SMILES string of the molecule is CC1CCC(C(=O)N(c2cc(C3=CCN(OC(=O)OCc4ccccc4)CC3)sc2C(=O)O)C(C)C)CC1. The zero-order valence-corrected chi connectivity index (χ0v) is 23.0. The highest BCUT2D eigenvalue weighted by atomic mass is 32.1. The lowest BCUT2D eigenvalue weighted by Gasteiger charge is -2.33. The quantitative estimate of drug-likeness (QED) is 0.389. The van der Waals surface area contributed by atoms with E-state index < -0.39 is 12.1 Å². The van der Waals surface area contributed by atoms with Crippen molar-refractivity contribution in [3.05, 3.63) is 57.8 Å². The van der Waals surface area contributed by atoms with Crippen LogP contribution in [0.3, 0.4) is 0 Å². The molecule has 0 bridgehead atoms. The van der Waals surface area contributed by atoms with Gasteiger partial charge in [-0.3, -0.25) is 4.79 Å². The van der Waals surface area contributed by atoms with Crippen LogP contribution in [0.25, 0.3) is 5.57 Å². The second kappa shape index (κ2) is 12.6. The Kier molecular flexibility index (Phi) is 9.22. The lowest BCUT2D eigenvalue weighted by Crippen LogP contribution is -2.42. The molecule has 1 N–H and O–H groups in total. The number of carboxylic acid groups (broad SMARTS) is 1. The summed E-state index contributed by atoms with van der Waals surface area (Å²) in [5.41, 5.74) is 2.32. The first kappa shape index (κ1) is 27.9. The second-order valence-electron chi connectivity index (χ2n) is 10.4. The summed E-state index contributed by atoms with van der Waals surface area (Å²) in [6.45, 7) is 7.02. The predicted molar refractivity (Wildman–Crippen MR) is 147 cm³/mol. The zero-order valence-electron chi connectivity index (χ0n) is 22.2. The van der Waals surface area contributed by atoms with Crippen molar-refractivity contribution in [2.75, 3.05) is 18.0 Å². The van der Waals surface area contributed by atoms with Gasteiger partial charge < -0.3 is 19.6 Å². The van der Waals surface area contributed by atoms with Gasteiger partial charge in [-0.05, 0) is 69.1 Å². The first-order valence-electron chi connectivity index (χ1n) is 13.3. The summed E-state index contributed by atoms with van der Waals surface area (Å²) in [5, 5.41) is 11.5. The lowest BCUT2D eigenvalue weighted by atomic mass is 9.82. The summed E-state index contributed by atoms with van der Waals surface area (Å²) in [6, 6.07) is 11.1. The van der Waals surface area contributed by atoms with Crippen molar-refractivity contribution in [1.82, 2.24) is 5.06 Å². The monoisotopic (exact) mass is 540 g/mol. The number of benzene rings is 1. The van der Waals surface area contributed by atoms with E-state index in [1.807, 2.05) is 56.3 Å². The van der Waals surface area contributed by atoms with Crippen molar-refractivity contribution in [2.24, 2.45) is 11.8 Å². The third-order valence-corrected chi connectivity index (χ3v) is 8.36. The van der Waals surface area contributed by atoms with Gasteiger partial charge in [0.1, 0.15) is 11.5 Å². The number of carbonyl (C=O) groups is 3. The molecule has 0 saturated heterocycles. The molecule has 0 unspecified atom stereocenters. The molecule has 2 heterocycles. The number of carboxylic acids is 1. The summed E-state index contributed by atoms with van der Waals surface area (Å²) >= 11 is 1.19. The molecule has 1 aliphatic heterocycles. The number of nitrogens with zero attached hydrogens (tertiary/aromatic N) is 2. The molecule has 1 fully saturated rings. The largest absolute Gasteiger partial charge is 0.528 e. The number of amides is 1. The topological polar surface area (TPSA) is 96.4 Å². The van der Waals surface area contributed by atoms with Crippen molar-refractivity contribution in [3.8, 4) is 0 Å². The summed E-state index contributed by atoms with van der Waals surface area (Å²) in [5.74, 6) is -0.458. The maximum absolute atomic E-state index is 13.6. The fraction of sp³-hybridized carbons (Fsp3) is 0.483. The average Bonchev–Trinajstić information content (AvgIpc) is 3.34. The van der Waals surface area contributed by atoms with Crippen molar-refractivity contribution in [1.29, 1.82) is 0 Å². The van der Waals surface area contributed by atoms with Gasteiger partial charge in [0.15, 0.2) is 0 Å². The molecule has 0 atom stereocenters. The second-order valence-corrected chi connectivity index (χ2v) is 11.4. The molecular weight excluding hydrogens is 504 g/mol. The minimum Gasteiger partial charge on any atom is -0.477 e. The molecule has 38 heavy (non-hydrogen) atoms. The van der Waals surface area contributed by atoms with E-state index in [1.165, 1.54) is 16.4 Å². The number of hydroxylamine groups is 2. The smallest absolute Gasteiger partial charge is 0.477 e. The Bertz CT molecular complexity index is 1170. The number of anilines is 1. The number of hydrogen-bond donors (Lipinski definition) is 1. The van der Waals surface area contributed by atoms with E-state index in [-0.39, 0.29) is 29.4 Å². The average molecular weight is 541 g/mol. The molecular formula is C29H36N2O6S. The standard InChI is InChI=1S/C29H36N2O6S/c1-19(2)31(27(32)23-11-9-20(3)10-12-23)24-17-25(38-26(24)28(33)34)22-13-15-30(16-14-22)37-29(35)36-18-21-7-5-4-6-8-21/h4-8,13,17,19-20,23H,9-12,14-16,18H2,1-3H3,(H,33,34). The Labute approximate surface area is 227 Å². The molecule has 1 amide bonds. The van der Waals surface area contributed by atoms with E-state index in [2.05, 4.69) is 6.92 Å². The molecule has 2 aliphatic rings. The molecule has 4 rings (SSSR count). The highest BCUT2D eigenvalue weighted by molar-refractivity contribution is 7.15. The van der Waals surface area contributed by atoms with Crippen LogP contribution in [0, 0.1) is 11.8 Å². The van der Waals surface area contributed by atoms with Crippen LogP contribution in [0.2, 0.25) is 0 Å². The first-order chi connectivity index (χ1) is 18.2. The number of thiophene rings is 1. The molecule has 0 radical (unpaired) electrons. The molecule has 204 valence electrons. The maximum atomic E-state index is 13.6. The number of aromatic carboxylic acids is 1. The van der Waals surface area contributed by atoms with Gasteiger partial charge in [0.2, 0.25) is 5.91 Å². The van der Waals surface area contributed by atoms with Gasteiger partial charge in [-0.1, -0.05) is 43.3 Å². The summed E-state index contributed by atoms with van der Waals surface area (Å²) in [6.07, 6.45) is 5.47. The van der Waals surface area contributed by atoms with Crippen LogP contribution in [0.5, 0.6) is 0 Å². The minimum atomic E-state index is -1.03. The Hall–Kier alpha value is -3.17. The highest BCUT2D eigenvalue weighted by Gasteiger charge is 2.34. The summed E-state index contributed by atoms with van der Waals surface area (Å²) in [4.78, 5) is 45.9. The number of hydrogen-bond acceptors (Lipinski definition) is 7. The van der Waals surface area contributed by atoms with Crippen molar-refractivity contribution in [3.63, 3.8) is 0 Å². The van der Waals surface area contributed by atoms with Crippen LogP contribution in [0.4, 0.5) is 10.5 Å². The molecule has 1 aromatic heterocycles. The fourth-order valence-corrected chi connectivity index (χ4v) is 6.09. The molecule has 2 aromatic rings. The maximum Gasteiger partial charge on any atom is 0.528 e. The van der Waals surface area contributed by atoms with Crippen molar-refractivity contribution >= 4 is 40.6 Å². The van der Waals surface area contributed by atoms with E-state index in [9.17, 15) is 19.5 Å². The van der Waals surface area contributed by atoms with Crippen LogP contribution in [0.15, 0.2) is 42.5 Å². The van der Waals surface area contributed by atoms with Crippen LogP contribution in [-0.4, -0.2) is 47.3 Å². The van der Waals surface area contributed by atoms with Gasteiger partial charge in [0.05, 0.1) is 12.2 Å². The van der Waals surface area contributed by atoms with Crippen molar-refractivity contribution < 1.29 is 29.1 Å². The van der Waals surface area contributed by atoms with Crippen LogP contribution in [0.1, 0.15) is 73.0 Å². The van der Waals surface area contributed by atoms with E-state index in [0.717, 1.165) is 41.7 Å². The van der Waals surface area contributed by atoms with Gasteiger partial charge in [-0.2, -0.15) is 0 Å². The molecule has 9 heteroatoms. The summed E-state index contributed by atoms with van der Waals surface area (Å²) in [7, 11) is 0. The van der Waals surface area contributed by atoms with Crippen LogP contribution in [-0.2, 0) is 21.0 Å². The van der Waals surface area contributed by atoms with Gasteiger partial charge >= 0.3 is 12.1 Å². The van der Waals surface area contributed by atoms with E-state index >= 15 is 0 Å². The van der Waals surface area contributed by atoms with Gasteiger partial charge in [-0.15, -0.1) is 16.4 Å². The Morgan fingerprint density at radius 3 is 2.45 bits per heavy atom. The van der Waals surface area contributed by atoms with Crippen LogP contribution >= 0.6 is 11.3 Å². The molecule has 1 saturated carbocycles. The lowest BCUT2D eigenvalue weighted by molar-refractivity contribution is -0.124. The van der Waals surface area contributed by atoms with Gasteiger partial charge in [0, 0.05) is 23.4 Å². The highest BCUT2D eigenvalue weighted by Crippen LogP contribution is 2.39. The minimum absolute atomic E-state index is 0.0185. The Morgan fingerprint density at radius 2 is 1.84 bits per heavy atom. The van der Waals surface area contributed by atoms with Gasteiger partial charge in [-0.25, -0.2) is 9.59 Å². The first-order valence-corrected chi connectivity index (χ1v) is 14.1. The van der Waals surface area contributed by atoms with E-state index in [0.29, 0.717) is 31.1 Å². The Balaban J connectivity index is 1.43. The third-order valence-electron chi connectivity index (χ3n) is 7.18. The van der Waals surface area contributed by atoms with Crippen LogP contribution < -0.4 is 4.90 Å². The predicted octanol–water partition coefficient (Wildman–Crippen LogP) is 6.37. The number of rotatable bonds is 8. The number of carbonyl (C=O) groups excluding carboxylic acids is 2. The van der Waals surface area contributed by atoms with Gasteiger partial charge in [0.25, 0.3) is 0 Å². The molecule has 1 aliphatic carbocycles. The zero-order chi connectivity index (χ0) is 27.2. The fourth-order valence-electron chi connectivity index (χ4n) is 5.03. The third kappa shape index (κ3) is 6.82. The Morgan fingerprint density at radius 1 is 1.13 bits per heavy atom. The molecule has 8 nitrogen and oxygen atoms in total. The normalized spacial score (nSPS) is 20.1.